The smallest absolute Gasteiger partial charge is 0.105 e. The fourth-order valence-corrected chi connectivity index (χ4v) is 2.64. The second-order valence-electron chi connectivity index (χ2n) is 2.55. The Balaban J connectivity index is 3.46. The van der Waals surface area contributed by atoms with Crippen LogP contribution < -0.4 is 0 Å². The van der Waals surface area contributed by atoms with E-state index in [2.05, 4.69) is 70.9 Å². The van der Waals surface area contributed by atoms with Gasteiger partial charge in [-0.2, -0.15) is 0 Å². The molecule has 0 bridgehead atoms. The molecule has 0 saturated heterocycles. The lowest BCUT2D eigenvalue weighted by atomic mass is 10.2. The summed E-state index contributed by atoms with van der Waals surface area (Å²) >= 11 is 4.65. The second kappa shape index (κ2) is 3.55. The molecule has 0 aliphatic carbocycles. The van der Waals surface area contributed by atoms with E-state index in [0.29, 0.717) is 0 Å². The number of nitrogens with zero attached hydrogens (tertiary/aromatic N) is 1. The Morgan fingerprint density at radius 3 is 2.09 bits per heavy atom. The molecule has 0 aromatic carbocycles. The van der Waals surface area contributed by atoms with Gasteiger partial charge in [-0.25, -0.2) is 4.98 Å². The molecule has 60 valence electrons. The number of rotatable bonds is 0. The van der Waals surface area contributed by atoms with E-state index >= 15 is 0 Å². The Morgan fingerprint density at radius 1 is 1.00 bits per heavy atom. The molecule has 1 rings (SSSR count). The Hall–Kier alpha value is 0.610. The molecule has 1 heterocycles. The van der Waals surface area contributed by atoms with Crippen LogP contribution in [0.3, 0.4) is 0 Å². The maximum absolute atomic E-state index is 4.42. The van der Waals surface area contributed by atoms with E-state index in [-0.39, 0.29) is 0 Å². The average molecular weight is 373 g/mol. The monoisotopic (exact) mass is 373 g/mol. The Morgan fingerprint density at radius 2 is 1.55 bits per heavy atom. The van der Waals surface area contributed by atoms with E-state index in [1.54, 1.807) is 0 Å². The van der Waals surface area contributed by atoms with Gasteiger partial charge in [0.05, 0.1) is 0 Å². The van der Waals surface area contributed by atoms with Gasteiger partial charge in [0, 0.05) is 9.26 Å². The molecular formula is C8H9I2N. The van der Waals surface area contributed by atoms with Crippen molar-refractivity contribution in [3.8, 4) is 0 Å². The van der Waals surface area contributed by atoms with Crippen LogP contribution in [-0.4, -0.2) is 4.98 Å². The fraction of sp³-hybridized carbons (Fsp3) is 0.375. The van der Waals surface area contributed by atoms with Gasteiger partial charge in [0.25, 0.3) is 0 Å². The number of halogens is 2. The predicted molar refractivity (Wildman–Crippen MR) is 63.9 cm³/mol. The van der Waals surface area contributed by atoms with Crippen LogP contribution in [0.2, 0.25) is 0 Å². The lowest BCUT2D eigenvalue weighted by Crippen LogP contribution is -1.98. The lowest BCUT2D eigenvalue weighted by Gasteiger charge is -2.06. The summed E-state index contributed by atoms with van der Waals surface area (Å²) in [4.78, 5) is 4.42. The molecule has 0 N–H and O–H groups in total. The molecule has 3 heteroatoms. The highest BCUT2D eigenvalue weighted by Crippen LogP contribution is 2.21. The van der Waals surface area contributed by atoms with Gasteiger partial charge in [-0.15, -0.1) is 0 Å². The molecule has 1 aromatic heterocycles. The molecule has 0 aliphatic heterocycles. The largest absolute Gasteiger partial charge is 0.247 e. The van der Waals surface area contributed by atoms with Crippen LogP contribution in [0.4, 0.5) is 0 Å². The van der Waals surface area contributed by atoms with Gasteiger partial charge in [-0.05, 0) is 77.1 Å². The molecule has 11 heavy (non-hydrogen) atoms. The van der Waals surface area contributed by atoms with E-state index in [0.717, 1.165) is 9.39 Å². The highest BCUT2D eigenvalue weighted by Gasteiger charge is 2.06. The van der Waals surface area contributed by atoms with Crippen LogP contribution in [0.15, 0.2) is 0 Å². The van der Waals surface area contributed by atoms with Crippen molar-refractivity contribution in [2.45, 2.75) is 20.8 Å². The molecule has 1 nitrogen and oxygen atoms in total. The number of aryl methyl sites for hydroxylation is 1. The van der Waals surface area contributed by atoms with Crippen molar-refractivity contribution < 1.29 is 0 Å². The van der Waals surface area contributed by atoms with Crippen molar-refractivity contribution in [1.29, 1.82) is 0 Å². The summed E-state index contributed by atoms with van der Waals surface area (Å²) in [5.74, 6) is 0. The summed E-state index contributed by atoms with van der Waals surface area (Å²) in [6, 6.07) is 0. The molecule has 1 aromatic rings. The van der Waals surface area contributed by atoms with Gasteiger partial charge in [0.1, 0.15) is 3.70 Å². The van der Waals surface area contributed by atoms with Gasteiger partial charge in [-0.1, -0.05) is 0 Å². The van der Waals surface area contributed by atoms with Crippen molar-refractivity contribution in [3.63, 3.8) is 0 Å². The van der Waals surface area contributed by atoms with Crippen LogP contribution in [-0.2, 0) is 0 Å². The average Bonchev–Trinajstić information content (AvgIpc) is 1.97. The minimum Gasteiger partial charge on any atom is -0.247 e. The summed E-state index contributed by atoms with van der Waals surface area (Å²) in [6.07, 6.45) is 0. The number of pyridine rings is 1. The van der Waals surface area contributed by atoms with Crippen LogP contribution in [0.25, 0.3) is 0 Å². The van der Waals surface area contributed by atoms with Crippen molar-refractivity contribution in [1.82, 2.24) is 4.98 Å². The zero-order valence-corrected chi connectivity index (χ0v) is 11.0. The van der Waals surface area contributed by atoms with Crippen molar-refractivity contribution in [2.24, 2.45) is 0 Å². The lowest BCUT2D eigenvalue weighted by molar-refractivity contribution is 1.07. The summed E-state index contributed by atoms with van der Waals surface area (Å²) in [7, 11) is 0. The first kappa shape index (κ1) is 9.70. The molecule has 0 unspecified atom stereocenters. The Kier molecular flexibility index (Phi) is 3.13. The van der Waals surface area contributed by atoms with E-state index < -0.39 is 0 Å². The van der Waals surface area contributed by atoms with Crippen LogP contribution in [0.1, 0.15) is 16.8 Å². The second-order valence-corrected chi connectivity index (χ2v) is 4.65. The van der Waals surface area contributed by atoms with E-state index in [1.165, 1.54) is 14.7 Å². The van der Waals surface area contributed by atoms with Crippen molar-refractivity contribution in [3.05, 3.63) is 24.1 Å². The van der Waals surface area contributed by atoms with E-state index in [9.17, 15) is 0 Å². The fourth-order valence-electron chi connectivity index (χ4n) is 0.846. The van der Waals surface area contributed by atoms with Gasteiger partial charge < -0.3 is 0 Å². The maximum Gasteiger partial charge on any atom is 0.105 e. The van der Waals surface area contributed by atoms with Gasteiger partial charge in [0.2, 0.25) is 0 Å². The molecule has 0 radical (unpaired) electrons. The number of hydrogen-bond donors (Lipinski definition) is 0. The van der Waals surface area contributed by atoms with Gasteiger partial charge in [-0.3, -0.25) is 0 Å². The van der Waals surface area contributed by atoms with E-state index in [1.807, 2.05) is 0 Å². The molecule has 0 atom stereocenters. The highest BCUT2D eigenvalue weighted by molar-refractivity contribution is 14.1. The minimum absolute atomic E-state index is 1.12. The molecular weight excluding hydrogens is 364 g/mol. The van der Waals surface area contributed by atoms with Crippen LogP contribution in [0.5, 0.6) is 0 Å². The number of hydrogen-bond acceptors (Lipinski definition) is 1. The minimum atomic E-state index is 1.12. The first-order valence-corrected chi connectivity index (χ1v) is 5.48. The molecule has 0 spiro atoms. The standard InChI is InChI=1S/C8H9I2N/c1-4-6(3)11-8(10)5(2)7(4)9/h1-3H3. The zero-order valence-electron chi connectivity index (χ0n) is 6.70. The summed E-state index contributed by atoms with van der Waals surface area (Å²) in [5, 5.41) is 0. The highest BCUT2D eigenvalue weighted by atomic mass is 127. The SMILES string of the molecule is Cc1nc(I)c(C)c(I)c1C. The van der Waals surface area contributed by atoms with Gasteiger partial charge in [0.15, 0.2) is 0 Å². The molecule has 0 saturated carbocycles. The normalized spacial score (nSPS) is 10.3. The summed E-state index contributed by atoms with van der Waals surface area (Å²) < 4.78 is 2.47. The third kappa shape index (κ3) is 1.85. The Bertz CT molecular complexity index is 268. The van der Waals surface area contributed by atoms with Crippen molar-refractivity contribution in [2.75, 3.05) is 0 Å². The third-order valence-corrected chi connectivity index (χ3v) is 4.44. The quantitative estimate of drug-likeness (QED) is 0.503. The van der Waals surface area contributed by atoms with E-state index in [4.69, 9.17) is 0 Å². The number of aromatic nitrogens is 1. The van der Waals surface area contributed by atoms with Crippen LogP contribution >= 0.6 is 45.2 Å². The summed E-state index contributed by atoms with van der Waals surface area (Å²) in [6.45, 7) is 6.29. The molecule has 0 fully saturated rings. The first-order valence-electron chi connectivity index (χ1n) is 3.33. The predicted octanol–water partition coefficient (Wildman–Crippen LogP) is 3.22. The first-order chi connectivity index (χ1) is 5.04. The van der Waals surface area contributed by atoms with Crippen molar-refractivity contribution >= 4 is 45.2 Å². The summed E-state index contributed by atoms with van der Waals surface area (Å²) in [5.41, 5.74) is 3.75. The Labute approximate surface area is 94.3 Å². The topological polar surface area (TPSA) is 12.9 Å². The van der Waals surface area contributed by atoms with Gasteiger partial charge >= 0.3 is 0 Å². The maximum atomic E-state index is 4.42. The van der Waals surface area contributed by atoms with Crippen LogP contribution in [0, 0.1) is 28.0 Å². The third-order valence-electron chi connectivity index (χ3n) is 1.78. The molecule has 0 aliphatic rings. The zero-order chi connectivity index (χ0) is 8.59. The molecule has 0 amide bonds.